The molecule has 80 valence electrons. The molecule has 17 heavy (non-hydrogen) atoms. The van der Waals surface area contributed by atoms with Crippen LogP contribution in [0.2, 0.25) is 0 Å². The zero-order valence-corrected chi connectivity index (χ0v) is 9.61. The van der Waals surface area contributed by atoms with Crippen LogP contribution < -0.4 is 0 Å². The SMILES string of the molecule is c1cnc2nc3ccc4scnc4c3cc2c1. The quantitative estimate of drug-likeness (QED) is 0.440. The molecule has 1 aromatic carbocycles. The van der Waals surface area contributed by atoms with Crippen molar-refractivity contribution in [1.82, 2.24) is 15.0 Å². The molecule has 0 amide bonds. The van der Waals surface area contributed by atoms with Crippen LogP contribution in [0.5, 0.6) is 0 Å². The summed E-state index contributed by atoms with van der Waals surface area (Å²) in [5, 5.41) is 2.16. The Labute approximate surface area is 101 Å². The summed E-state index contributed by atoms with van der Waals surface area (Å²) in [6.45, 7) is 0. The second-order valence-corrected chi connectivity index (χ2v) is 4.76. The Kier molecular flexibility index (Phi) is 1.70. The minimum atomic E-state index is 0.787. The Bertz CT molecular complexity index is 851. The Morgan fingerprint density at radius 2 is 2.06 bits per heavy atom. The summed E-state index contributed by atoms with van der Waals surface area (Å²) in [6.07, 6.45) is 1.77. The third kappa shape index (κ3) is 1.24. The minimum absolute atomic E-state index is 0.787. The lowest BCUT2D eigenvalue weighted by Crippen LogP contribution is -1.85. The van der Waals surface area contributed by atoms with Gasteiger partial charge in [0.05, 0.1) is 21.2 Å². The molecule has 0 fully saturated rings. The van der Waals surface area contributed by atoms with Crippen LogP contribution in [0, 0.1) is 0 Å². The number of pyridine rings is 2. The summed E-state index contributed by atoms with van der Waals surface area (Å²) in [6, 6.07) is 10.2. The first kappa shape index (κ1) is 9.01. The van der Waals surface area contributed by atoms with Crippen molar-refractivity contribution < 1.29 is 0 Å². The number of benzene rings is 1. The number of aromatic nitrogens is 3. The molecule has 0 atom stereocenters. The van der Waals surface area contributed by atoms with Gasteiger partial charge in [-0.1, -0.05) is 0 Å². The third-order valence-corrected chi connectivity index (χ3v) is 3.66. The highest BCUT2D eigenvalue weighted by atomic mass is 32.1. The van der Waals surface area contributed by atoms with Gasteiger partial charge in [0.25, 0.3) is 0 Å². The summed E-state index contributed by atoms with van der Waals surface area (Å²) in [4.78, 5) is 13.2. The van der Waals surface area contributed by atoms with Gasteiger partial charge in [-0.25, -0.2) is 15.0 Å². The maximum absolute atomic E-state index is 4.56. The highest BCUT2D eigenvalue weighted by molar-refractivity contribution is 7.16. The number of thiazole rings is 1. The lowest BCUT2D eigenvalue weighted by Gasteiger charge is -2.00. The smallest absolute Gasteiger partial charge is 0.159 e. The van der Waals surface area contributed by atoms with Crippen molar-refractivity contribution in [2.24, 2.45) is 0 Å². The van der Waals surface area contributed by atoms with Gasteiger partial charge in [0, 0.05) is 17.0 Å². The fourth-order valence-corrected chi connectivity index (χ4v) is 2.76. The topological polar surface area (TPSA) is 38.7 Å². The molecule has 0 unspecified atom stereocenters. The molecular weight excluding hydrogens is 230 g/mol. The van der Waals surface area contributed by atoms with Crippen molar-refractivity contribution >= 4 is 43.5 Å². The zero-order valence-electron chi connectivity index (χ0n) is 8.79. The van der Waals surface area contributed by atoms with Crippen molar-refractivity contribution in [3.05, 3.63) is 42.0 Å². The number of nitrogens with zero attached hydrogens (tertiary/aromatic N) is 3. The first-order valence-corrected chi connectivity index (χ1v) is 6.17. The predicted octanol–water partition coefficient (Wildman–Crippen LogP) is 3.39. The Hall–Kier alpha value is -2.07. The molecule has 0 radical (unpaired) electrons. The highest BCUT2D eigenvalue weighted by Crippen LogP contribution is 2.27. The van der Waals surface area contributed by atoms with Crippen LogP contribution >= 0.6 is 11.3 Å². The summed E-state index contributed by atoms with van der Waals surface area (Å²) in [5.41, 5.74) is 4.65. The monoisotopic (exact) mass is 237 g/mol. The van der Waals surface area contributed by atoms with Gasteiger partial charge in [-0.15, -0.1) is 11.3 Å². The second-order valence-electron chi connectivity index (χ2n) is 3.87. The summed E-state index contributed by atoms with van der Waals surface area (Å²) in [7, 11) is 0. The molecule has 0 aliphatic rings. The summed E-state index contributed by atoms with van der Waals surface area (Å²) in [5.74, 6) is 0. The van der Waals surface area contributed by atoms with Gasteiger partial charge >= 0.3 is 0 Å². The van der Waals surface area contributed by atoms with E-state index in [-0.39, 0.29) is 0 Å². The highest BCUT2D eigenvalue weighted by Gasteiger charge is 2.05. The van der Waals surface area contributed by atoms with E-state index in [1.165, 1.54) is 4.70 Å². The summed E-state index contributed by atoms with van der Waals surface area (Å²) < 4.78 is 1.20. The number of fused-ring (bicyclic) bond motifs is 4. The van der Waals surface area contributed by atoms with Crippen molar-refractivity contribution in [1.29, 1.82) is 0 Å². The van der Waals surface area contributed by atoms with E-state index in [9.17, 15) is 0 Å². The fraction of sp³-hybridized carbons (Fsp3) is 0. The molecule has 4 heteroatoms. The van der Waals surface area contributed by atoms with E-state index in [2.05, 4.69) is 27.1 Å². The average Bonchev–Trinajstić information content (AvgIpc) is 2.85. The lowest BCUT2D eigenvalue weighted by atomic mass is 10.1. The first-order chi connectivity index (χ1) is 8.42. The van der Waals surface area contributed by atoms with E-state index in [4.69, 9.17) is 0 Å². The maximum atomic E-state index is 4.56. The molecule has 3 heterocycles. The molecular formula is C13H7N3S. The minimum Gasteiger partial charge on any atom is -0.244 e. The van der Waals surface area contributed by atoms with Gasteiger partial charge in [-0.05, 0) is 30.3 Å². The van der Waals surface area contributed by atoms with E-state index in [1.54, 1.807) is 17.5 Å². The standard InChI is InChI=1S/C13H7N3S/c1-2-8-6-9-10(16-13(8)14-5-1)3-4-11-12(9)15-7-17-11/h1-7H. The van der Waals surface area contributed by atoms with Crippen LogP contribution in [0.1, 0.15) is 0 Å². The first-order valence-electron chi connectivity index (χ1n) is 5.29. The van der Waals surface area contributed by atoms with Crippen molar-refractivity contribution in [3.8, 4) is 0 Å². The molecule has 4 aromatic rings. The Morgan fingerprint density at radius 3 is 3.06 bits per heavy atom. The van der Waals surface area contributed by atoms with E-state index < -0.39 is 0 Å². The maximum Gasteiger partial charge on any atom is 0.159 e. The van der Waals surface area contributed by atoms with Crippen LogP contribution in [0.3, 0.4) is 0 Å². The van der Waals surface area contributed by atoms with Crippen molar-refractivity contribution in [2.45, 2.75) is 0 Å². The lowest BCUT2D eigenvalue weighted by molar-refractivity contribution is 1.33. The second kappa shape index (κ2) is 3.21. The number of rotatable bonds is 0. The molecule has 3 nitrogen and oxygen atoms in total. The van der Waals surface area contributed by atoms with E-state index in [0.29, 0.717) is 0 Å². The van der Waals surface area contributed by atoms with E-state index in [0.717, 1.165) is 27.5 Å². The van der Waals surface area contributed by atoms with Gasteiger partial charge in [0.1, 0.15) is 0 Å². The Balaban J connectivity index is 2.29. The number of hydrogen-bond acceptors (Lipinski definition) is 4. The van der Waals surface area contributed by atoms with Crippen LogP contribution in [-0.4, -0.2) is 15.0 Å². The number of hydrogen-bond donors (Lipinski definition) is 0. The molecule has 0 bridgehead atoms. The van der Waals surface area contributed by atoms with Gasteiger partial charge in [0.15, 0.2) is 5.65 Å². The van der Waals surface area contributed by atoms with E-state index >= 15 is 0 Å². The van der Waals surface area contributed by atoms with Gasteiger partial charge in [0.2, 0.25) is 0 Å². The normalized spacial score (nSPS) is 11.5. The molecule has 0 spiro atoms. The van der Waals surface area contributed by atoms with Crippen molar-refractivity contribution in [3.63, 3.8) is 0 Å². The van der Waals surface area contributed by atoms with Crippen LogP contribution in [-0.2, 0) is 0 Å². The molecule has 3 aromatic heterocycles. The molecule has 0 saturated carbocycles. The molecule has 0 aliphatic heterocycles. The van der Waals surface area contributed by atoms with E-state index in [1.807, 2.05) is 23.7 Å². The van der Waals surface area contributed by atoms with Gasteiger partial charge < -0.3 is 0 Å². The molecule has 0 N–H and O–H groups in total. The largest absolute Gasteiger partial charge is 0.244 e. The van der Waals surface area contributed by atoms with Crippen LogP contribution in [0.25, 0.3) is 32.2 Å². The average molecular weight is 237 g/mol. The third-order valence-electron chi connectivity index (χ3n) is 2.86. The van der Waals surface area contributed by atoms with Gasteiger partial charge in [-0.3, -0.25) is 0 Å². The van der Waals surface area contributed by atoms with Gasteiger partial charge in [-0.2, -0.15) is 0 Å². The Morgan fingerprint density at radius 1 is 1.06 bits per heavy atom. The van der Waals surface area contributed by atoms with Crippen molar-refractivity contribution in [2.75, 3.05) is 0 Å². The molecule has 0 aliphatic carbocycles. The fourth-order valence-electron chi connectivity index (χ4n) is 2.07. The van der Waals surface area contributed by atoms with Crippen LogP contribution in [0.4, 0.5) is 0 Å². The molecule has 4 rings (SSSR count). The summed E-state index contributed by atoms with van der Waals surface area (Å²) >= 11 is 1.65. The van der Waals surface area contributed by atoms with Crippen LogP contribution in [0.15, 0.2) is 42.0 Å². The molecule has 0 saturated heterocycles. The predicted molar refractivity (Wildman–Crippen MR) is 70.2 cm³/mol. The zero-order chi connectivity index (χ0) is 11.2.